The van der Waals surface area contributed by atoms with Gasteiger partial charge >= 0.3 is 0 Å². The number of aryl methyl sites for hydroxylation is 1. The second-order valence-corrected chi connectivity index (χ2v) is 6.52. The predicted octanol–water partition coefficient (Wildman–Crippen LogP) is 2.96. The van der Waals surface area contributed by atoms with Gasteiger partial charge in [-0.2, -0.15) is 0 Å². The number of aromatic nitrogens is 2. The highest BCUT2D eigenvalue weighted by Gasteiger charge is 2.22. The van der Waals surface area contributed by atoms with Crippen LogP contribution in [0.1, 0.15) is 24.0 Å². The van der Waals surface area contributed by atoms with Crippen LogP contribution in [0.3, 0.4) is 0 Å². The average Bonchev–Trinajstić information content (AvgIpc) is 3.31. The van der Waals surface area contributed by atoms with Gasteiger partial charge in [0, 0.05) is 44.6 Å². The van der Waals surface area contributed by atoms with Gasteiger partial charge in [0.25, 0.3) is 0 Å². The molecule has 0 unspecified atom stereocenters. The van der Waals surface area contributed by atoms with E-state index in [2.05, 4.69) is 45.7 Å². The van der Waals surface area contributed by atoms with Crippen molar-refractivity contribution in [2.45, 2.75) is 32.9 Å². The monoisotopic (exact) mass is 469 g/mol. The lowest BCUT2D eigenvalue weighted by Gasteiger charge is -2.15. The molecule has 2 N–H and O–H groups in total. The lowest BCUT2D eigenvalue weighted by atomic mass is 10.1. The summed E-state index contributed by atoms with van der Waals surface area (Å²) in [5.41, 5.74) is 2.38. The summed E-state index contributed by atoms with van der Waals surface area (Å²) in [6, 6.07) is 6.37. The van der Waals surface area contributed by atoms with E-state index in [0.717, 1.165) is 42.9 Å². The maximum Gasteiger partial charge on any atom is 0.191 e. The van der Waals surface area contributed by atoms with Gasteiger partial charge in [-0.3, -0.25) is 4.99 Å². The molecule has 6 nitrogen and oxygen atoms in total. The van der Waals surface area contributed by atoms with Gasteiger partial charge in [-0.1, -0.05) is 12.1 Å². The van der Waals surface area contributed by atoms with E-state index >= 15 is 0 Å². The van der Waals surface area contributed by atoms with Crippen LogP contribution in [0, 0.1) is 12.8 Å². The van der Waals surface area contributed by atoms with E-state index < -0.39 is 0 Å². The molecular weight excluding hydrogens is 441 g/mol. The normalized spacial score (nSPS) is 13.8. The Kier molecular flexibility index (Phi) is 8.21. The molecule has 7 heteroatoms. The van der Waals surface area contributed by atoms with Gasteiger partial charge < -0.3 is 19.9 Å². The standard InChI is InChI=1S/C19H27N5O.HI/c1-15-3-6-17(18(11-15)25-13-16-4-5-16)12-23-19(20-2)22-8-10-24-9-7-21-14-24;/h3,6-7,9,11,14,16H,4-5,8,10,12-13H2,1-2H3,(H2,20,22,23);1H. The molecule has 1 fully saturated rings. The average molecular weight is 469 g/mol. The van der Waals surface area contributed by atoms with Crippen molar-refractivity contribution < 1.29 is 4.74 Å². The first kappa shape index (κ1) is 20.5. The summed E-state index contributed by atoms with van der Waals surface area (Å²) in [4.78, 5) is 8.32. The lowest BCUT2D eigenvalue weighted by Crippen LogP contribution is -2.38. The molecule has 26 heavy (non-hydrogen) atoms. The van der Waals surface area contributed by atoms with Crippen molar-refractivity contribution >= 4 is 29.9 Å². The number of nitrogens with zero attached hydrogens (tertiary/aromatic N) is 3. The van der Waals surface area contributed by atoms with Gasteiger partial charge in [-0.25, -0.2) is 4.98 Å². The number of ether oxygens (including phenoxy) is 1. The first-order valence-corrected chi connectivity index (χ1v) is 8.87. The number of imidazole rings is 1. The third kappa shape index (κ3) is 6.51. The van der Waals surface area contributed by atoms with Crippen molar-refractivity contribution in [1.82, 2.24) is 20.2 Å². The van der Waals surface area contributed by atoms with Crippen LogP contribution in [0.2, 0.25) is 0 Å². The number of rotatable bonds is 8. The second kappa shape index (κ2) is 10.4. The number of halogens is 1. The summed E-state index contributed by atoms with van der Waals surface area (Å²) in [5, 5.41) is 6.68. The molecule has 142 valence electrons. The van der Waals surface area contributed by atoms with Crippen LogP contribution in [0.15, 0.2) is 41.9 Å². The maximum atomic E-state index is 6.03. The van der Waals surface area contributed by atoms with Gasteiger partial charge in [0.1, 0.15) is 5.75 Å². The molecule has 0 atom stereocenters. The molecule has 2 aromatic rings. The summed E-state index contributed by atoms with van der Waals surface area (Å²) >= 11 is 0. The van der Waals surface area contributed by atoms with E-state index in [0.29, 0.717) is 6.54 Å². The Labute approximate surface area is 172 Å². The minimum atomic E-state index is 0. The van der Waals surface area contributed by atoms with Crippen molar-refractivity contribution in [2.24, 2.45) is 10.9 Å². The largest absolute Gasteiger partial charge is 0.493 e. The molecular formula is C19H28IN5O. The SMILES string of the molecule is CN=C(NCCn1ccnc1)NCc1ccc(C)cc1OCC1CC1.I. The molecule has 1 aliphatic rings. The van der Waals surface area contributed by atoms with Crippen LogP contribution in [0.5, 0.6) is 5.75 Å². The van der Waals surface area contributed by atoms with Crippen molar-refractivity contribution in [3.8, 4) is 5.75 Å². The third-order valence-corrected chi connectivity index (χ3v) is 4.29. The highest BCUT2D eigenvalue weighted by Crippen LogP contribution is 2.30. The minimum absolute atomic E-state index is 0. The number of guanidine groups is 1. The molecule has 0 saturated heterocycles. The van der Waals surface area contributed by atoms with Crippen molar-refractivity contribution in [1.29, 1.82) is 0 Å². The number of benzene rings is 1. The van der Waals surface area contributed by atoms with Gasteiger partial charge in [0.05, 0.1) is 12.9 Å². The number of nitrogens with one attached hydrogen (secondary N) is 2. The Hall–Kier alpha value is -1.77. The molecule has 3 rings (SSSR count). The first-order valence-electron chi connectivity index (χ1n) is 8.87. The third-order valence-electron chi connectivity index (χ3n) is 4.29. The van der Waals surface area contributed by atoms with Crippen LogP contribution >= 0.6 is 24.0 Å². The van der Waals surface area contributed by atoms with Crippen LogP contribution in [-0.4, -0.2) is 35.7 Å². The zero-order valence-corrected chi connectivity index (χ0v) is 17.8. The Balaban J connectivity index is 0.00000243. The maximum absolute atomic E-state index is 6.03. The molecule has 1 aromatic carbocycles. The molecule has 0 spiro atoms. The molecule has 1 saturated carbocycles. The Bertz CT molecular complexity index is 698. The highest BCUT2D eigenvalue weighted by atomic mass is 127. The van der Waals surface area contributed by atoms with Gasteiger partial charge in [0.2, 0.25) is 0 Å². The van der Waals surface area contributed by atoms with Crippen LogP contribution in [0.4, 0.5) is 0 Å². The van der Waals surface area contributed by atoms with Gasteiger partial charge in [-0.05, 0) is 37.3 Å². The Morgan fingerprint density at radius 1 is 1.35 bits per heavy atom. The number of hydrogen-bond donors (Lipinski definition) is 2. The zero-order chi connectivity index (χ0) is 17.5. The fourth-order valence-corrected chi connectivity index (χ4v) is 2.56. The van der Waals surface area contributed by atoms with Crippen molar-refractivity contribution in [3.63, 3.8) is 0 Å². The van der Waals surface area contributed by atoms with Crippen LogP contribution in [0.25, 0.3) is 0 Å². The fourth-order valence-electron chi connectivity index (χ4n) is 2.56. The van der Waals surface area contributed by atoms with Crippen LogP contribution in [-0.2, 0) is 13.1 Å². The molecule has 0 bridgehead atoms. The highest BCUT2D eigenvalue weighted by molar-refractivity contribution is 14.0. The minimum Gasteiger partial charge on any atom is -0.493 e. The second-order valence-electron chi connectivity index (χ2n) is 6.52. The number of aliphatic imine (C=N–C) groups is 1. The van der Waals surface area contributed by atoms with Crippen LogP contribution < -0.4 is 15.4 Å². The molecule has 0 aliphatic heterocycles. The topological polar surface area (TPSA) is 63.5 Å². The van der Waals surface area contributed by atoms with E-state index in [9.17, 15) is 0 Å². The Morgan fingerprint density at radius 3 is 2.88 bits per heavy atom. The van der Waals surface area contributed by atoms with Crippen molar-refractivity contribution in [2.75, 3.05) is 20.2 Å². The van der Waals surface area contributed by atoms with E-state index in [4.69, 9.17) is 4.74 Å². The molecule has 0 amide bonds. The molecule has 0 radical (unpaired) electrons. The lowest BCUT2D eigenvalue weighted by molar-refractivity contribution is 0.296. The molecule has 1 aromatic heterocycles. The molecule has 1 aliphatic carbocycles. The van der Waals surface area contributed by atoms with E-state index in [1.54, 1.807) is 13.2 Å². The fraction of sp³-hybridized carbons (Fsp3) is 0.474. The van der Waals surface area contributed by atoms with E-state index in [1.165, 1.54) is 18.4 Å². The van der Waals surface area contributed by atoms with Gasteiger partial charge in [-0.15, -0.1) is 24.0 Å². The summed E-state index contributed by atoms with van der Waals surface area (Å²) < 4.78 is 8.06. The quantitative estimate of drug-likeness (QED) is 0.355. The van der Waals surface area contributed by atoms with E-state index in [1.807, 2.05) is 17.1 Å². The first-order chi connectivity index (χ1) is 12.2. The van der Waals surface area contributed by atoms with E-state index in [-0.39, 0.29) is 24.0 Å². The predicted molar refractivity (Wildman–Crippen MR) is 115 cm³/mol. The van der Waals surface area contributed by atoms with Gasteiger partial charge in [0.15, 0.2) is 5.96 Å². The summed E-state index contributed by atoms with van der Waals surface area (Å²) in [6.45, 7) is 5.24. The summed E-state index contributed by atoms with van der Waals surface area (Å²) in [6.07, 6.45) is 8.15. The summed E-state index contributed by atoms with van der Waals surface area (Å²) in [5.74, 6) is 2.51. The smallest absolute Gasteiger partial charge is 0.191 e. The summed E-state index contributed by atoms with van der Waals surface area (Å²) in [7, 11) is 1.78. The Morgan fingerprint density at radius 2 is 2.19 bits per heavy atom. The molecule has 1 heterocycles. The number of hydrogen-bond acceptors (Lipinski definition) is 3. The zero-order valence-electron chi connectivity index (χ0n) is 15.4. The van der Waals surface area contributed by atoms with Crippen molar-refractivity contribution in [3.05, 3.63) is 48.0 Å².